The van der Waals surface area contributed by atoms with Crippen molar-refractivity contribution in [2.45, 2.75) is 50.9 Å². The Bertz CT molecular complexity index is 362. The summed E-state index contributed by atoms with van der Waals surface area (Å²) in [6.45, 7) is 4.37. The van der Waals surface area contributed by atoms with E-state index in [0.717, 1.165) is 31.2 Å². The molecule has 3 heteroatoms. The SMILES string of the molecule is CCc1oc(C2CCNCC2)nc1C1CC1. The first-order valence-electron chi connectivity index (χ1n) is 6.58. The molecule has 1 saturated heterocycles. The highest BCUT2D eigenvalue weighted by atomic mass is 16.4. The van der Waals surface area contributed by atoms with E-state index >= 15 is 0 Å². The van der Waals surface area contributed by atoms with Crippen molar-refractivity contribution in [3.63, 3.8) is 0 Å². The minimum absolute atomic E-state index is 0.555. The minimum Gasteiger partial charge on any atom is -0.445 e. The zero-order valence-electron chi connectivity index (χ0n) is 9.96. The summed E-state index contributed by atoms with van der Waals surface area (Å²) < 4.78 is 5.97. The van der Waals surface area contributed by atoms with Crippen molar-refractivity contribution in [1.29, 1.82) is 0 Å². The highest BCUT2D eigenvalue weighted by molar-refractivity contribution is 5.21. The zero-order valence-corrected chi connectivity index (χ0v) is 9.96. The monoisotopic (exact) mass is 220 g/mol. The number of nitrogens with zero attached hydrogens (tertiary/aromatic N) is 1. The summed E-state index contributed by atoms with van der Waals surface area (Å²) in [5, 5.41) is 3.39. The van der Waals surface area contributed by atoms with E-state index in [1.165, 1.54) is 31.4 Å². The molecular formula is C13H20N2O. The van der Waals surface area contributed by atoms with Gasteiger partial charge in [-0.2, -0.15) is 0 Å². The number of piperidine rings is 1. The second kappa shape index (κ2) is 4.21. The van der Waals surface area contributed by atoms with Crippen molar-refractivity contribution in [2.24, 2.45) is 0 Å². The van der Waals surface area contributed by atoms with Gasteiger partial charge in [-0.25, -0.2) is 4.98 Å². The number of aryl methyl sites for hydroxylation is 1. The van der Waals surface area contributed by atoms with Gasteiger partial charge in [0.05, 0.1) is 5.69 Å². The number of hydrogen-bond donors (Lipinski definition) is 1. The predicted octanol–water partition coefficient (Wildman–Crippen LogP) is 2.58. The van der Waals surface area contributed by atoms with Gasteiger partial charge in [0.15, 0.2) is 5.89 Å². The molecule has 3 rings (SSSR count). The molecule has 1 saturated carbocycles. The van der Waals surface area contributed by atoms with Gasteiger partial charge < -0.3 is 9.73 Å². The molecule has 2 heterocycles. The van der Waals surface area contributed by atoms with Crippen LogP contribution in [0.5, 0.6) is 0 Å². The number of oxazole rings is 1. The lowest BCUT2D eigenvalue weighted by molar-refractivity contribution is 0.362. The molecule has 0 radical (unpaired) electrons. The lowest BCUT2D eigenvalue weighted by Crippen LogP contribution is -2.26. The maximum Gasteiger partial charge on any atom is 0.197 e. The highest BCUT2D eigenvalue weighted by Gasteiger charge is 2.31. The lowest BCUT2D eigenvalue weighted by atomic mass is 9.98. The topological polar surface area (TPSA) is 38.1 Å². The first-order chi connectivity index (χ1) is 7.88. The third-order valence-electron chi connectivity index (χ3n) is 3.72. The second-order valence-corrected chi connectivity index (χ2v) is 5.01. The van der Waals surface area contributed by atoms with E-state index in [1.807, 2.05) is 0 Å². The molecule has 2 aliphatic rings. The van der Waals surface area contributed by atoms with Crippen LogP contribution in [-0.4, -0.2) is 18.1 Å². The summed E-state index contributed by atoms with van der Waals surface area (Å²) in [6.07, 6.45) is 5.96. The Hall–Kier alpha value is -0.830. The molecule has 0 spiro atoms. The number of hydrogen-bond acceptors (Lipinski definition) is 3. The van der Waals surface area contributed by atoms with Gasteiger partial charge in [-0.15, -0.1) is 0 Å². The first kappa shape index (κ1) is 10.3. The molecule has 1 aromatic heterocycles. The standard InChI is InChI=1S/C13H20N2O/c1-2-11-12(9-3-4-9)15-13(16-11)10-5-7-14-8-6-10/h9-10,14H,2-8H2,1H3. The summed E-state index contributed by atoms with van der Waals surface area (Å²) in [5.41, 5.74) is 1.27. The van der Waals surface area contributed by atoms with Crippen LogP contribution in [-0.2, 0) is 6.42 Å². The summed E-state index contributed by atoms with van der Waals surface area (Å²) in [6, 6.07) is 0. The molecular weight excluding hydrogens is 200 g/mol. The van der Waals surface area contributed by atoms with Crippen LogP contribution >= 0.6 is 0 Å². The average Bonchev–Trinajstić information content (AvgIpc) is 3.10. The van der Waals surface area contributed by atoms with Crippen molar-refractivity contribution >= 4 is 0 Å². The fourth-order valence-corrected chi connectivity index (χ4v) is 2.55. The molecule has 1 aliphatic carbocycles. The van der Waals surface area contributed by atoms with E-state index in [-0.39, 0.29) is 0 Å². The Morgan fingerprint density at radius 3 is 2.56 bits per heavy atom. The maximum absolute atomic E-state index is 5.97. The Balaban J connectivity index is 1.83. The number of aromatic nitrogens is 1. The largest absolute Gasteiger partial charge is 0.445 e. The van der Waals surface area contributed by atoms with Crippen molar-refractivity contribution in [3.05, 3.63) is 17.3 Å². The molecule has 0 bridgehead atoms. The van der Waals surface area contributed by atoms with Gasteiger partial charge in [0, 0.05) is 18.3 Å². The molecule has 0 aromatic carbocycles. The normalized spacial score (nSPS) is 22.6. The second-order valence-electron chi connectivity index (χ2n) is 5.01. The van der Waals surface area contributed by atoms with Crippen molar-refractivity contribution in [1.82, 2.24) is 10.3 Å². The van der Waals surface area contributed by atoms with Gasteiger partial charge in [-0.3, -0.25) is 0 Å². The van der Waals surface area contributed by atoms with Crippen LogP contribution in [0.3, 0.4) is 0 Å². The third-order valence-corrected chi connectivity index (χ3v) is 3.72. The summed E-state index contributed by atoms with van der Waals surface area (Å²) in [7, 11) is 0. The molecule has 16 heavy (non-hydrogen) atoms. The molecule has 3 nitrogen and oxygen atoms in total. The molecule has 0 amide bonds. The average molecular weight is 220 g/mol. The van der Waals surface area contributed by atoms with Gasteiger partial charge in [0.2, 0.25) is 0 Å². The van der Waals surface area contributed by atoms with Crippen LogP contribution in [0.4, 0.5) is 0 Å². The van der Waals surface area contributed by atoms with Crippen molar-refractivity contribution in [2.75, 3.05) is 13.1 Å². The summed E-state index contributed by atoms with van der Waals surface area (Å²) in [5.74, 6) is 3.43. The minimum atomic E-state index is 0.555. The Kier molecular flexibility index (Phi) is 2.72. The molecule has 1 N–H and O–H groups in total. The number of nitrogens with one attached hydrogen (secondary N) is 1. The van der Waals surface area contributed by atoms with E-state index in [0.29, 0.717) is 11.8 Å². The van der Waals surface area contributed by atoms with Gasteiger partial charge in [-0.1, -0.05) is 6.92 Å². The summed E-state index contributed by atoms with van der Waals surface area (Å²) >= 11 is 0. The van der Waals surface area contributed by atoms with Crippen LogP contribution in [0, 0.1) is 0 Å². The predicted molar refractivity (Wildman–Crippen MR) is 62.7 cm³/mol. The molecule has 0 unspecified atom stereocenters. The van der Waals surface area contributed by atoms with Crippen LogP contribution in [0.1, 0.15) is 61.8 Å². The summed E-state index contributed by atoms with van der Waals surface area (Å²) in [4.78, 5) is 4.77. The Morgan fingerprint density at radius 1 is 1.19 bits per heavy atom. The number of rotatable bonds is 3. The van der Waals surface area contributed by atoms with E-state index in [1.54, 1.807) is 0 Å². The Morgan fingerprint density at radius 2 is 1.94 bits per heavy atom. The quantitative estimate of drug-likeness (QED) is 0.850. The molecule has 2 fully saturated rings. The maximum atomic E-state index is 5.97. The molecule has 1 aromatic rings. The fourth-order valence-electron chi connectivity index (χ4n) is 2.55. The first-order valence-corrected chi connectivity index (χ1v) is 6.58. The van der Waals surface area contributed by atoms with Gasteiger partial charge in [0.25, 0.3) is 0 Å². The van der Waals surface area contributed by atoms with E-state index in [4.69, 9.17) is 9.40 Å². The third kappa shape index (κ3) is 1.88. The highest BCUT2D eigenvalue weighted by Crippen LogP contribution is 2.42. The lowest BCUT2D eigenvalue weighted by Gasteiger charge is -2.19. The van der Waals surface area contributed by atoms with Crippen LogP contribution < -0.4 is 5.32 Å². The fraction of sp³-hybridized carbons (Fsp3) is 0.769. The molecule has 1 aliphatic heterocycles. The van der Waals surface area contributed by atoms with Crippen LogP contribution in [0.15, 0.2) is 4.42 Å². The Labute approximate surface area is 96.6 Å². The smallest absolute Gasteiger partial charge is 0.197 e. The molecule has 88 valence electrons. The van der Waals surface area contributed by atoms with E-state index in [9.17, 15) is 0 Å². The van der Waals surface area contributed by atoms with Crippen molar-refractivity contribution < 1.29 is 4.42 Å². The molecule has 0 atom stereocenters. The van der Waals surface area contributed by atoms with Gasteiger partial charge in [0.1, 0.15) is 5.76 Å². The van der Waals surface area contributed by atoms with E-state index in [2.05, 4.69) is 12.2 Å². The van der Waals surface area contributed by atoms with Gasteiger partial charge in [-0.05, 0) is 38.8 Å². The van der Waals surface area contributed by atoms with Crippen molar-refractivity contribution in [3.8, 4) is 0 Å². The van der Waals surface area contributed by atoms with Gasteiger partial charge >= 0.3 is 0 Å². The van der Waals surface area contributed by atoms with Crippen LogP contribution in [0.25, 0.3) is 0 Å². The van der Waals surface area contributed by atoms with E-state index < -0.39 is 0 Å². The zero-order chi connectivity index (χ0) is 11.0. The van der Waals surface area contributed by atoms with Crippen LogP contribution in [0.2, 0.25) is 0 Å².